The Hall–Kier alpha value is -1.81. The van der Waals surface area contributed by atoms with Crippen LogP contribution in [0.25, 0.3) is 11.0 Å². The number of benzene rings is 1. The van der Waals surface area contributed by atoms with E-state index in [4.69, 9.17) is 4.42 Å². The van der Waals surface area contributed by atoms with Crippen molar-refractivity contribution in [2.75, 3.05) is 33.2 Å². The summed E-state index contributed by atoms with van der Waals surface area (Å²) in [5.74, 6) is 1.84. The summed E-state index contributed by atoms with van der Waals surface area (Å²) in [7, 11) is 1.79. The van der Waals surface area contributed by atoms with Crippen molar-refractivity contribution >= 4 is 46.8 Å². The summed E-state index contributed by atoms with van der Waals surface area (Å²) in [6, 6.07) is 8.45. The number of amides is 1. The lowest BCUT2D eigenvalue weighted by Crippen LogP contribution is -2.50. The van der Waals surface area contributed by atoms with E-state index < -0.39 is 0 Å². The Bertz CT molecular complexity index is 843. The summed E-state index contributed by atoms with van der Waals surface area (Å²) in [6.45, 7) is 7.82. The Labute approximate surface area is 196 Å². The van der Waals surface area contributed by atoms with E-state index in [1.54, 1.807) is 7.05 Å². The van der Waals surface area contributed by atoms with E-state index in [0.717, 1.165) is 61.6 Å². The molecule has 166 valence electrons. The fourth-order valence-electron chi connectivity index (χ4n) is 3.70. The van der Waals surface area contributed by atoms with Crippen molar-refractivity contribution in [1.82, 2.24) is 20.9 Å². The number of nitrogens with zero attached hydrogens (tertiary/aromatic N) is 2. The Morgan fingerprint density at radius 3 is 2.63 bits per heavy atom. The standard InChI is InChI=1S/C22H33N5O2.HI/c1-4-11-24-21(28)15-27-12-9-17(10-13-27)26-22(23-3)25-14-20-16(2)18-7-5-6-8-19(18)29-20;/h5-8,17H,4,9-15H2,1-3H3,(H,24,28)(H2,23,25,26);1H. The van der Waals surface area contributed by atoms with Gasteiger partial charge in [0.25, 0.3) is 0 Å². The van der Waals surface area contributed by atoms with E-state index in [1.165, 1.54) is 5.56 Å². The van der Waals surface area contributed by atoms with Gasteiger partial charge in [-0.05, 0) is 32.3 Å². The molecule has 2 heterocycles. The summed E-state index contributed by atoms with van der Waals surface area (Å²) in [4.78, 5) is 18.5. The zero-order valence-electron chi connectivity index (χ0n) is 18.2. The van der Waals surface area contributed by atoms with E-state index in [2.05, 4.69) is 45.8 Å². The first-order chi connectivity index (χ1) is 14.1. The van der Waals surface area contributed by atoms with Gasteiger partial charge in [0, 0.05) is 43.7 Å². The highest BCUT2D eigenvalue weighted by Crippen LogP contribution is 2.24. The molecular weight excluding hydrogens is 493 g/mol. The minimum atomic E-state index is 0. The zero-order valence-corrected chi connectivity index (χ0v) is 20.5. The van der Waals surface area contributed by atoms with E-state index in [9.17, 15) is 4.79 Å². The van der Waals surface area contributed by atoms with Crippen LogP contribution in [0.5, 0.6) is 0 Å². The van der Waals surface area contributed by atoms with Crippen LogP contribution in [-0.4, -0.2) is 56.0 Å². The fourth-order valence-corrected chi connectivity index (χ4v) is 3.70. The number of carbonyl (C=O) groups is 1. The van der Waals surface area contributed by atoms with Crippen LogP contribution in [0.2, 0.25) is 0 Å². The van der Waals surface area contributed by atoms with E-state index in [1.807, 2.05) is 18.2 Å². The van der Waals surface area contributed by atoms with Crippen LogP contribution >= 0.6 is 24.0 Å². The maximum Gasteiger partial charge on any atom is 0.234 e. The molecule has 3 N–H and O–H groups in total. The summed E-state index contributed by atoms with van der Waals surface area (Å²) >= 11 is 0. The highest BCUT2D eigenvalue weighted by atomic mass is 127. The van der Waals surface area contributed by atoms with Crippen molar-refractivity contribution in [2.24, 2.45) is 4.99 Å². The molecule has 3 rings (SSSR count). The normalized spacial score (nSPS) is 15.6. The van der Waals surface area contributed by atoms with Crippen LogP contribution < -0.4 is 16.0 Å². The van der Waals surface area contributed by atoms with Crippen molar-refractivity contribution in [3.05, 3.63) is 35.6 Å². The number of likely N-dealkylation sites (tertiary alicyclic amines) is 1. The second kappa shape index (κ2) is 12.1. The Balaban J connectivity index is 0.00000320. The molecule has 0 atom stereocenters. The molecule has 2 aromatic rings. The zero-order chi connectivity index (χ0) is 20.6. The van der Waals surface area contributed by atoms with Crippen LogP contribution in [0.4, 0.5) is 0 Å². The predicted molar refractivity (Wildman–Crippen MR) is 132 cm³/mol. The average Bonchev–Trinajstić information content (AvgIpc) is 3.06. The van der Waals surface area contributed by atoms with E-state index in [0.29, 0.717) is 19.1 Å². The van der Waals surface area contributed by atoms with Crippen LogP contribution in [0, 0.1) is 6.92 Å². The molecular formula is C22H34IN5O2. The van der Waals surface area contributed by atoms with E-state index >= 15 is 0 Å². The number of halogens is 1. The van der Waals surface area contributed by atoms with Crippen LogP contribution in [-0.2, 0) is 11.3 Å². The molecule has 0 bridgehead atoms. The van der Waals surface area contributed by atoms with Gasteiger partial charge in [0.1, 0.15) is 11.3 Å². The lowest BCUT2D eigenvalue weighted by molar-refractivity contribution is -0.122. The quantitative estimate of drug-likeness (QED) is 0.293. The molecule has 0 aliphatic carbocycles. The number of furan rings is 1. The lowest BCUT2D eigenvalue weighted by atomic mass is 10.1. The molecule has 0 saturated carbocycles. The molecule has 1 aliphatic heterocycles. The van der Waals surface area contributed by atoms with Crippen molar-refractivity contribution in [1.29, 1.82) is 0 Å². The topological polar surface area (TPSA) is 81.9 Å². The first kappa shape index (κ1) is 24.5. The van der Waals surface area contributed by atoms with Gasteiger partial charge in [0.15, 0.2) is 5.96 Å². The Morgan fingerprint density at radius 1 is 1.23 bits per heavy atom. The second-order valence-corrected chi connectivity index (χ2v) is 7.62. The molecule has 1 aromatic heterocycles. The van der Waals surface area contributed by atoms with Crippen LogP contribution in [0.3, 0.4) is 0 Å². The van der Waals surface area contributed by atoms with Gasteiger partial charge < -0.3 is 20.4 Å². The number of carbonyl (C=O) groups excluding carboxylic acids is 1. The number of rotatable bonds is 7. The lowest BCUT2D eigenvalue weighted by Gasteiger charge is -2.32. The SMILES string of the molecule is CCCNC(=O)CN1CCC(NC(=NC)NCc2oc3ccccc3c2C)CC1.I. The third-order valence-electron chi connectivity index (χ3n) is 5.45. The number of para-hydroxylation sites is 1. The number of nitrogens with one attached hydrogen (secondary N) is 3. The Morgan fingerprint density at radius 2 is 1.97 bits per heavy atom. The molecule has 0 radical (unpaired) electrons. The Kier molecular flexibility index (Phi) is 9.90. The monoisotopic (exact) mass is 527 g/mol. The minimum absolute atomic E-state index is 0. The third-order valence-corrected chi connectivity index (χ3v) is 5.45. The third kappa shape index (κ3) is 6.60. The first-order valence-corrected chi connectivity index (χ1v) is 10.5. The molecule has 1 fully saturated rings. The van der Waals surface area contributed by atoms with Gasteiger partial charge in [-0.1, -0.05) is 25.1 Å². The van der Waals surface area contributed by atoms with Gasteiger partial charge in [-0.3, -0.25) is 14.7 Å². The smallest absolute Gasteiger partial charge is 0.234 e. The number of fused-ring (bicyclic) bond motifs is 1. The first-order valence-electron chi connectivity index (χ1n) is 10.5. The second-order valence-electron chi connectivity index (χ2n) is 7.62. The highest BCUT2D eigenvalue weighted by Gasteiger charge is 2.21. The minimum Gasteiger partial charge on any atom is -0.459 e. The van der Waals surface area contributed by atoms with Crippen LogP contribution in [0.1, 0.15) is 37.5 Å². The molecule has 1 amide bonds. The molecule has 1 aliphatic rings. The van der Waals surface area contributed by atoms with Crippen molar-refractivity contribution in [3.63, 3.8) is 0 Å². The molecule has 1 aromatic carbocycles. The number of piperidine rings is 1. The van der Waals surface area contributed by atoms with Crippen molar-refractivity contribution in [3.8, 4) is 0 Å². The number of hydrogen-bond donors (Lipinski definition) is 3. The molecule has 0 unspecified atom stereocenters. The molecule has 1 saturated heterocycles. The maximum atomic E-state index is 11.9. The highest BCUT2D eigenvalue weighted by molar-refractivity contribution is 14.0. The van der Waals surface area contributed by atoms with Crippen molar-refractivity contribution in [2.45, 2.75) is 45.7 Å². The fraction of sp³-hybridized carbons (Fsp3) is 0.545. The predicted octanol–water partition coefficient (Wildman–Crippen LogP) is 3.01. The number of guanidine groups is 1. The number of aliphatic imine (C=N–C) groups is 1. The summed E-state index contributed by atoms with van der Waals surface area (Å²) in [5, 5.41) is 11.0. The van der Waals surface area contributed by atoms with Gasteiger partial charge in [-0.15, -0.1) is 24.0 Å². The molecule has 30 heavy (non-hydrogen) atoms. The maximum absolute atomic E-state index is 11.9. The summed E-state index contributed by atoms with van der Waals surface area (Å²) in [5.41, 5.74) is 2.08. The number of hydrogen-bond acceptors (Lipinski definition) is 4. The van der Waals surface area contributed by atoms with Gasteiger partial charge in [-0.2, -0.15) is 0 Å². The van der Waals surface area contributed by atoms with Gasteiger partial charge in [-0.25, -0.2) is 0 Å². The van der Waals surface area contributed by atoms with Crippen molar-refractivity contribution < 1.29 is 9.21 Å². The summed E-state index contributed by atoms with van der Waals surface area (Å²) < 4.78 is 5.97. The molecule has 0 spiro atoms. The largest absolute Gasteiger partial charge is 0.459 e. The summed E-state index contributed by atoms with van der Waals surface area (Å²) in [6.07, 6.45) is 2.95. The van der Waals surface area contributed by atoms with E-state index in [-0.39, 0.29) is 29.9 Å². The van der Waals surface area contributed by atoms with Crippen LogP contribution in [0.15, 0.2) is 33.7 Å². The molecule has 8 heteroatoms. The van der Waals surface area contributed by atoms with Gasteiger partial charge in [0.05, 0.1) is 13.1 Å². The van der Waals surface area contributed by atoms with Gasteiger partial charge in [0.2, 0.25) is 5.91 Å². The number of aryl methyl sites for hydroxylation is 1. The van der Waals surface area contributed by atoms with Gasteiger partial charge >= 0.3 is 0 Å². The average molecular weight is 527 g/mol. The molecule has 7 nitrogen and oxygen atoms in total.